The number of halogens is 1. The Labute approximate surface area is 99.5 Å². The second kappa shape index (κ2) is 5.27. The Bertz CT molecular complexity index is 413. The molecule has 0 heterocycles. The Morgan fingerprint density at radius 1 is 1.47 bits per heavy atom. The molecular weight excluding hydrogens is 223 g/mol. The van der Waals surface area contributed by atoms with Crippen LogP contribution in [0, 0.1) is 11.7 Å². The molecule has 4 heteroatoms. The van der Waals surface area contributed by atoms with E-state index in [0.717, 1.165) is 0 Å². The molecule has 2 rings (SSSR count). The number of ketones is 1. The Balaban J connectivity index is 1.92. The molecule has 0 unspecified atom stereocenters. The van der Waals surface area contributed by atoms with Crippen LogP contribution in [-0.4, -0.2) is 19.2 Å². The van der Waals surface area contributed by atoms with E-state index in [4.69, 9.17) is 9.47 Å². The van der Waals surface area contributed by atoms with Crippen molar-refractivity contribution in [1.29, 1.82) is 0 Å². The second-order valence-corrected chi connectivity index (χ2v) is 4.27. The number of ether oxygens (including phenoxy) is 2. The minimum Gasteiger partial charge on any atom is -0.467 e. The van der Waals surface area contributed by atoms with Crippen LogP contribution in [0.5, 0.6) is 5.75 Å². The molecule has 92 valence electrons. The van der Waals surface area contributed by atoms with E-state index in [2.05, 4.69) is 0 Å². The zero-order valence-electron chi connectivity index (χ0n) is 9.74. The van der Waals surface area contributed by atoms with Gasteiger partial charge in [0.25, 0.3) is 0 Å². The third-order valence-electron chi connectivity index (χ3n) is 2.67. The summed E-state index contributed by atoms with van der Waals surface area (Å²) in [5.74, 6) is 0.320. The van der Waals surface area contributed by atoms with Crippen LogP contribution < -0.4 is 4.74 Å². The molecule has 1 saturated carbocycles. The molecule has 17 heavy (non-hydrogen) atoms. The number of rotatable bonds is 6. The van der Waals surface area contributed by atoms with E-state index in [9.17, 15) is 9.18 Å². The van der Waals surface area contributed by atoms with E-state index < -0.39 is 5.82 Å². The van der Waals surface area contributed by atoms with Crippen molar-refractivity contribution in [2.45, 2.75) is 19.8 Å². The summed E-state index contributed by atoms with van der Waals surface area (Å²) in [5.41, 5.74) is 0.376. The first-order valence-corrected chi connectivity index (χ1v) is 5.68. The molecule has 1 aliphatic rings. The maximum Gasteiger partial charge on any atom is 0.189 e. The fourth-order valence-corrected chi connectivity index (χ4v) is 1.51. The van der Waals surface area contributed by atoms with E-state index in [1.54, 1.807) is 0 Å². The lowest BCUT2D eigenvalue weighted by Gasteiger charge is -2.10. The number of Topliss-reactive ketones (excluding diaryl/α,β-unsaturated/α-hetero) is 1. The standard InChI is InChI=1S/C13H15FO3/c1-9(15)12-5-4-11(14)6-13(12)17-8-16-7-10-2-3-10/h4-6,10H,2-3,7-8H2,1H3. The van der Waals surface area contributed by atoms with E-state index in [0.29, 0.717) is 18.1 Å². The van der Waals surface area contributed by atoms with Gasteiger partial charge in [0, 0.05) is 6.07 Å². The molecule has 0 atom stereocenters. The van der Waals surface area contributed by atoms with Gasteiger partial charge in [-0.25, -0.2) is 4.39 Å². The van der Waals surface area contributed by atoms with Gasteiger partial charge in [-0.15, -0.1) is 0 Å². The van der Waals surface area contributed by atoms with Gasteiger partial charge in [0.15, 0.2) is 12.6 Å². The Kier molecular flexibility index (Phi) is 3.74. The highest BCUT2D eigenvalue weighted by molar-refractivity contribution is 5.96. The highest BCUT2D eigenvalue weighted by atomic mass is 19.1. The van der Waals surface area contributed by atoms with Gasteiger partial charge in [0.1, 0.15) is 11.6 Å². The van der Waals surface area contributed by atoms with Crippen molar-refractivity contribution in [2.24, 2.45) is 5.92 Å². The molecule has 1 aromatic rings. The summed E-state index contributed by atoms with van der Waals surface area (Å²) >= 11 is 0. The Hall–Kier alpha value is -1.42. The molecular formula is C13H15FO3. The molecule has 0 amide bonds. The summed E-state index contributed by atoms with van der Waals surface area (Å²) in [7, 11) is 0. The van der Waals surface area contributed by atoms with Crippen molar-refractivity contribution in [2.75, 3.05) is 13.4 Å². The molecule has 1 aliphatic carbocycles. The quantitative estimate of drug-likeness (QED) is 0.434. The molecule has 0 N–H and O–H groups in total. The van der Waals surface area contributed by atoms with Crippen molar-refractivity contribution in [3.63, 3.8) is 0 Å². The number of hydrogen-bond acceptors (Lipinski definition) is 3. The first-order chi connectivity index (χ1) is 8.16. The topological polar surface area (TPSA) is 35.5 Å². The van der Waals surface area contributed by atoms with E-state index in [1.807, 2.05) is 0 Å². The molecule has 0 aliphatic heterocycles. The predicted molar refractivity (Wildman–Crippen MR) is 60.6 cm³/mol. The lowest BCUT2D eigenvalue weighted by molar-refractivity contribution is 0.00945. The van der Waals surface area contributed by atoms with Crippen LogP contribution in [0.15, 0.2) is 18.2 Å². The summed E-state index contributed by atoms with van der Waals surface area (Å²) in [6.45, 7) is 2.15. The molecule has 1 fully saturated rings. The molecule has 0 radical (unpaired) electrons. The monoisotopic (exact) mass is 238 g/mol. The average Bonchev–Trinajstić information content (AvgIpc) is 3.08. The van der Waals surface area contributed by atoms with Crippen LogP contribution in [0.2, 0.25) is 0 Å². The second-order valence-electron chi connectivity index (χ2n) is 4.27. The Morgan fingerprint density at radius 2 is 2.24 bits per heavy atom. The van der Waals surface area contributed by atoms with Gasteiger partial charge in [-0.2, -0.15) is 0 Å². The summed E-state index contributed by atoms with van der Waals surface area (Å²) in [5, 5.41) is 0. The summed E-state index contributed by atoms with van der Waals surface area (Å²) in [4.78, 5) is 11.3. The van der Waals surface area contributed by atoms with Crippen LogP contribution in [0.4, 0.5) is 4.39 Å². The maximum absolute atomic E-state index is 13.0. The van der Waals surface area contributed by atoms with E-state index in [-0.39, 0.29) is 18.3 Å². The SMILES string of the molecule is CC(=O)c1ccc(F)cc1OCOCC1CC1. The first kappa shape index (κ1) is 12.0. The Morgan fingerprint density at radius 3 is 2.88 bits per heavy atom. The molecule has 3 nitrogen and oxygen atoms in total. The van der Waals surface area contributed by atoms with Crippen molar-refractivity contribution in [3.05, 3.63) is 29.6 Å². The van der Waals surface area contributed by atoms with Crippen LogP contribution >= 0.6 is 0 Å². The summed E-state index contributed by atoms with van der Waals surface area (Å²) in [6.07, 6.45) is 2.41. The summed E-state index contributed by atoms with van der Waals surface area (Å²) < 4.78 is 23.6. The third-order valence-corrected chi connectivity index (χ3v) is 2.67. The smallest absolute Gasteiger partial charge is 0.189 e. The van der Waals surface area contributed by atoms with Gasteiger partial charge in [0.05, 0.1) is 12.2 Å². The number of carbonyl (C=O) groups excluding carboxylic acids is 1. The van der Waals surface area contributed by atoms with Crippen molar-refractivity contribution in [1.82, 2.24) is 0 Å². The van der Waals surface area contributed by atoms with Crippen molar-refractivity contribution < 1.29 is 18.7 Å². The highest BCUT2D eigenvalue weighted by Crippen LogP contribution is 2.29. The highest BCUT2D eigenvalue weighted by Gasteiger charge is 2.21. The predicted octanol–water partition coefficient (Wildman–Crippen LogP) is 2.79. The first-order valence-electron chi connectivity index (χ1n) is 5.68. The van der Waals surface area contributed by atoms with E-state index >= 15 is 0 Å². The summed E-state index contributed by atoms with van der Waals surface area (Å²) in [6, 6.07) is 3.87. The molecule has 0 spiro atoms. The van der Waals surface area contributed by atoms with Crippen LogP contribution in [-0.2, 0) is 4.74 Å². The maximum atomic E-state index is 13.0. The van der Waals surface area contributed by atoms with Gasteiger partial charge >= 0.3 is 0 Å². The molecule has 0 bridgehead atoms. The minimum atomic E-state index is -0.424. The largest absolute Gasteiger partial charge is 0.467 e. The zero-order chi connectivity index (χ0) is 12.3. The number of hydrogen-bond donors (Lipinski definition) is 0. The fourth-order valence-electron chi connectivity index (χ4n) is 1.51. The van der Waals surface area contributed by atoms with Crippen molar-refractivity contribution in [3.8, 4) is 5.75 Å². The van der Waals surface area contributed by atoms with Crippen molar-refractivity contribution >= 4 is 5.78 Å². The van der Waals surface area contributed by atoms with Gasteiger partial charge in [0.2, 0.25) is 0 Å². The van der Waals surface area contributed by atoms with Gasteiger partial charge in [-0.05, 0) is 37.8 Å². The van der Waals surface area contributed by atoms with Crippen LogP contribution in [0.3, 0.4) is 0 Å². The zero-order valence-corrected chi connectivity index (χ0v) is 9.74. The molecule has 1 aromatic carbocycles. The normalized spacial score (nSPS) is 14.7. The van der Waals surface area contributed by atoms with Gasteiger partial charge < -0.3 is 9.47 Å². The number of benzene rings is 1. The lowest BCUT2D eigenvalue weighted by Crippen LogP contribution is -2.08. The van der Waals surface area contributed by atoms with E-state index in [1.165, 1.54) is 38.0 Å². The van der Waals surface area contributed by atoms with Gasteiger partial charge in [-0.1, -0.05) is 0 Å². The van der Waals surface area contributed by atoms with Gasteiger partial charge in [-0.3, -0.25) is 4.79 Å². The average molecular weight is 238 g/mol. The number of carbonyl (C=O) groups is 1. The van der Waals surface area contributed by atoms with Crippen LogP contribution in [0.1, 0.15) is 30.1 Å². The molecule has 0 aromatic heterocycles. The lowest BCUT2D eigenvalue weighted by atomic mass is 10.1. The minimum absolute atomic E-state index is 0.0558. The third kappa shape index (κ3) is 3.53. The fraction of sp³-hybridized carbons (Fsp3) is 0.462. The molecule has 0 saturated heterocycles. The van der Waals surface area contributed by atoms with Crippen LogP contribution in [0.25, 0.3) is 0 Å².